The molecule has 0 atom stereocenters. The van der Waals surface area contributed by atoms with Crippen LogP contribution in [0.15, 0.2) is 17.0 Å². The first-order valence-corrected chi connectivity index (χ1v) is 5.44. The minimum Gasteiger partial charge on any atom is -0.744 e. The van der Waals surface area contributed by atoms with Crippen molar-refractivity contribution in [2.45, 2.75) is 11.8 Å². The second-order valence-corrected chi connectivity index (χ2v) is 4.43. The Morgan fingerprint density at radius 2 is 1.39 bits per heavy atom. The number of nitro groups is 2. The Kier molecular flexibility index (Phi) is 5.37. The molecule has 92 valence electrons. The first kappa shape index (κ1) is 16.9. The van der Waals surface area contributed by atoms with E-state index in [-0.39, 0.29) is 35.1 Å². The maximum Gasteiger partial charge on any atom is 1.00 e. The van der Waals surface area contributed by atoms with E-state index >= 15 is 0 Å². The average Bonchev–Trinajstić information content (AvgIpc) is 2.14. The largest absolute Gasteiger partial charge is 1.00 e. The molecule has 0 saturated heterocycles. The maximum atomic E-state index is 10.7. The molecule has 0 amide bonds. The second-order valence-electron chi connectivity index (χ2n) is 3.05. The molecule has 0 aliphatic heterocycles. The molecule has 0 fully saturated rings. The summed E-state index contributed by atoms with van der Waals surface area (Å²) in [6, 6.07) is 1.01. The van der Waals surface area contributed by atoms with Crippen molar-refractivity contribution in [1.82, 2.24) is 0 Å². The summed E-state index contributed by atoms with van der Waals surface area (Å²) in [6.07, 6.45) is 0. The molecule has 0 unspecified atom stereocenters. The predicted octanol–water partition coefficient (Wildman–Crippen LogP) is -2.28. The van der Waals surface area contributed by atoms with Gasteiger partial charge in [-0.15, -0.1) is 0 Å². The summed E-state index contributed by atoms with van der Waals surface area (Å²) in [5.41, 5.74) is -1.88. The van der Waals surface area contributed by atoms with E-state index < -0.39 is 36.2 Å². The van der Waals surface area contributed by atoms with Gasteiger partial charge in [0.05, 0.1) is 14.7 Å². The molecule has 0 saturated carbocycles. The number of rotatable bonds is 3. The van der Waals surface area contributed by atoms with Gasteiger partial charge in [0.25, 0.3) is 11.4 Å². The fourth-order valence-corrected chi connectivity index (χ4v) is 1.69. The van der Waals surface area contributed by atoms with Crippen LogP contribution < -0.4 is 29.6 Å². The molecule has 1 aromatic rings. The predicted molar refractivity (Wildman–Crippen MR) is 52.5 cm³/mol. The van der Waals surface area contributed by atoms with E-state index in [1.807, 2.05) is 0 Å². The average molecular weight is 284 g/mol. The van der Waals surface area contributed by atoms with E-state index in [2.05, 4.69) is 0 Å². The van der Waals surface area contributed by atoms with Crippen LogP contribution in [-0.2, 0) is 10.1 Å². The molecule has 0 aliphatic rings. The van der Waals surface area contributed by atoms with Crippen LogP contribution in [0.25, 0.3) is 0 Å². The van der Waals surface area contributed by atoms with Crippen LogP contribution >= 0.6 is 0 Å². The Hall–Kier alpha value is -1.07. The molecule has 0 aliphatic carbocycles. The van der Waals surface area contributed by atoms with Crippen LogP contribution in [0.2, 0.25) is 0 Å². The van der Waals surface area contributed by atoms with Crippen LogP contribution in [0.4, 0.5) is 11.4 Å². The number of nitrogens with zero attached hydrogens (tertiary/aromatic N) is 2. The molecule has 0 N–H and O–H groups in total. The zero-order chi connectivity index (χ0) is 13.4. The Labute approximate surface area is 123 Å². The summed E-state index contributed by atoms with van der Waals surface area (Å²) in [4.78, 5) is 18.1. The van der Waals surface area contributed by atoms with Crippen molar-refractivity contribution < 1.29 is 52.4 Å². The molecule has 9 nitrogen and oxygen atoms in total. The third kappa shape index (κ3) is 3.46. The summed E-state index contributed by atoms with van der Waals surface area (Å²) in [5, 5.41) is 21.1. The van der Waals surface area contributed by atoms with Gasteiger partial charge in [0.2, 0.25) is 0 Å². The van der Waals surface area contributed by atoms with Gasteiger partial charge >= 0.3 is 29.6 Å². The van der Waals surface area contributed by atoms with E-state index in [0.29, 0.717) is 12.1 Å². The molecule has 0 spiro atoms. The number of hydrogen-bond acceptors (Lipinski definition) is 7. The number of hydrogen-bond donors (Lipinski definition) is 0. The van der Waals surface area contributed by atoms with Crippen LogP contribution in [0.5, 0.6) is 0 Å². The van der Waals surface area contributed by atoms with Crippen LogP contribution in [0, 0.1) is 27.2 Å². The van der Waals surface area contributed by atoms with Crippen LogP contribution in [0.3, 0.4) is 0 Å². The van der Waals surface area contributed by atoms with Gasteiger partial charge in [0.15, 0.2) is 0 Å². The quantitative estimate of drug-likeness (QED) is 0.263. The first-order chi connectivity index (χ1) is 7.64. The number of benzene rings is 1. The van der Waals surface area contributed by atoms with Gasteiger partial charge in [-0.3, -0.25) is 20.2 Å². The summed E-state index contributed by atoms with van der Waals surface area (Å²) < 4.78 is 32.1. The standard InChI is InChI=1S/C7H6N2O7S.Na/c1-4-6(8(10)11)2-5(17(14,15)16)3-7(4)9(12)13;/h2-3H,1H3,(H,14,15,16);/q;+1/p-1. The Balaban J connectivity index is 0.00000289. The summed E-state index contributed by atoms with van der Waals surface area (Å²) >= 11 is 0. The minimum absolute atomic E-state index is 0. The van der Waals surface area contributed by atoms with Crippen molar-refractivity contribution in [3.8, 4) is 0 Å². The Morgan fingerprint density at radius 3 is 1.61 bits per heavy atom. The van der Waals surface area contributed by atoms with Gasteiger partial charge in [0, 0.05) is 12.1 Å². The Bertz CT molecular complexity index is 577. The Morgan fingerprint density at radius 1 is 1.06 bits per heavy atom. The summed E-state index contributed by atoms with van der Waals surface area (Å²) in [5.74, 6) is 0. The summed E-state index contributed by atoms with van der Waals surface area (Å²) in [6.45, 7) is 1.09. The van der Waals surface area contributed by atoms with Gasteiger partial charge in [-0.05, 0) is 6.92 Å². The van der Waals surface area contributed by atoms with Crippen molar-refractivity contribution in [3.63, 3.8) is 0 Å². The molecule has 1 rings (SSSR count). The molecule has 11 heteroatoms. The molecule has 0 radical (unpaired) electrons. The van der Waals surface area contributed by atoms with Gasteiger partial charge < -0.3 is 4.55 Å². The van der Waals surface area contributed by atoms with E-state index in [9.17, 15) is 33.2 Å². The van der Waals surface area contributed by atoms with Crippen molar-refractivity contribution in [2.75, 3.05) is 0 Å². The van der Waals surface area contributed by atoms with Gasteiger partial charge in [-0.1, -0.05) is 0 Å². The summed E-state index contributed by atoms with van der Waals surface area (Å²) in [7, 11) is -4.99. The molecular weight excluding hydrogens is 279 g/mol. The fourth-order valence-electron chi connectivity index (χ4n) is 1.18. The molecular formula is C7H5N2NaO7S. The fraction of sp³-hybridized carbons (Fsp3) is 0.143. The first-order valence-electron chi connectivity index (χ1n) is 4.04. The monoisotopic (exact) mass is 284 g/mol. The third-order valence-electron chi connectivity index (χ3n) is 2.01. The second kappa shape index (κ2) is 5.71. The molecule has 1 aromatic carbocycles. The zero-order valence-corrected chi connectivity index (χ0v) is 12.1. The van der Waals surface area contributed by atoms with Gasteiger partial charge in [-0.2, -0.15) is 0 Å². The molecule has 18 heavy (non-hydrogen) atoms. The van der Waals surface area contributed by atoms with Crippen molar-refractivity contribution >= 4 is 21.5 Å². The van der Waals surface area contributed by atoms with Crippen molar-refractivity contribution in [3.05, 3.63) is 37.9 Å². The number of nitro benzene ring substituents is 2. The van der Waals surface area contributed by atoms with E-state index in [1.165, 1.54) is 0 Å². The van der Waals surface area contributed by atoms with E-state index in [4.69, 9.17) is 0 Å². The molecule has 0 heterocycles. The maximum absolute atomic E-state index is 10.7. The van der Waals surface area contributed by atoms with E-state index in [0.717, 1.165) is 6.92 Å². The minimum atomic E-state index is -4.99. The van der Waals surface area contributed by atoms with Crippen molar-refractivity contribution in [1.29, 1.82) is 0 Å². The zero-order valence-electron chi connectivity index (χ0n) is 9.32. The third-order valence-corrected chi connectivity index (χ3v) is 2.82. The normalized spacial score (nSPS) is 10.6. The SMILES string of the molecule is Cc1c([N+](=O)[O-])cc(S(=O)(=O)[O-])cc1[N+](=O)[O-].[Na+]. The van der Waals surface area contributed by atoms with Gasteiger partial charge in [0.1, 0.15) is 15.7 Å². The van der Waals surface area contributed by atoms with Crippen molar-refractivity contribution in [2.24, 2.45) is 0 Å². The van der Waals surface area contributed by atoms with Crippen LogP contribution in [-0.4, -0.2) is 22.8 Å². The smallest absolute Gasteiger partial charge is 0.744 e. The molecule has 0 bridgehead atoms. The van der Waals surface area contributed by atoms with Crippen LogP contribution in [0.1, 0.15) is 5.56 Å². The van der Waals surface area contributed by atoms with E-state index in [1.54, 1.807) is 0 Å². The molecule has 0 aromatic heterocycles. The topological polar surface area (TPSA) is 143 Å². The van der Waals surface area contributed by atoms with Gasteiger partial charge in [-0.25, -0.2) is 8.42 Å².